The first-order valence-corrected chi connectivity index (χ1v) is 12.0. The fourth-order valence-electron chi connectivity index (χ4n) is 4.14. The molecule has 2 aromatic carbocycles. The molecule has 0 saturated heterocycles. The van der Waals surface area contributed by atoms with Crippen LogP contribution in [0.15, 0.2) is 54.6 Å². The standard InChI is InChI=1S/C27H36N4O2/c1-5-20(3)31(21(4)6-2)27(33)19-30-24-15-11-10-14-23(24)29-25(30)18-28-26(32)17-16-22-12-8-7-9-13-22/h7-15,20-21H,5-6,16-19H2,1-4H3,(H,28,32). The molecule has 33 heavy (non-hydrogen) atoms. The maximum atomic E-state index is 13.4. The van der Waals surface area contributed by atoms with Crippen LogP contribution in [0.1, 0.15) is 58.3 Å². The predicted molar refractivity (Wildman–Crippen MR) is 133 cm³/mol. The summed E-state index contributed by atoms with van der Waals surface area (Å²) >= 11 is 0. The lowest BCUT2D eigenvalue weighted by Crippen LogP contribution is -2.46. The molecule has 0 aliphatic rings. The molecule has 0 aliphatic carbocycles. The average molecular weight is 449 g/mol. The summed E-state index contributed by atoms with van der Waals surface area (Å²) in [7, 11) is 0. The summed E-state index contributed by atoms with van der Waals surface area (Å²) in [6.45, 7) is 8.92. The Morgan fingerprint density at radius 2 is 1.61 bits per heavy atom. The Morgan fingerprint density at radius 1 is 0.970 bits per heavy atom. The van der Waals surface area contributed by atoms with Crippen molar-refractivity contribution in [1.29, 1.82) is 0 Å². The van der Waals surface area contributed by atoms with Crippen molar-refractivity contribution in [3.8, 4) is 0 Å². The van der Waals surface area contributed by atoms with Crippen molar-refractivity contribution < 1.29 is 9.59 Å². The second kappa shape index (κ2) is 11.6. The lowest BCUT2D eigenvalue weighted by atomic mass is 10.1. The minimum absolute atomic E-state index is 0.0235. The largest absolute Gasteiger partial charge is 0.349 e. The Kier molecular flexibility index (Phi) is 8.64. The second-order valence-corrected chi connectivity index (χ2v) is 8.68. The highest BCUT2D eigenvalue weighted by molar-refractivity contribution is 5.82. The molecule has 0 radical (unpaired) electrons. The van der Waals surface area contributed by atoms with Crippen LogP contribution in [0.4, 0.5) is 0 Å². The number of hydrogen-bond acceptors (Lipinski definition) is 3. The van der Waals surface area contributed by atoms with E-state index < -0.39 is 0 Å². The molecular weight excluding hydrogens is 412 g/mol. The van der Waals surface area contributed by atoms with Crippen LogP contribution in [-0.4, -0.2) is 38.3 Å². The molecule has 1 N–H and O–H groups in total. The first-order chi connectivity index (χ1) is 15.9. The van der Waals surface area contributed by atoms with Crippen LogP contribution < -0.4 is 5.32 Å². The maximum Gasteiger partial charge on any atom is 0.243 e. The van der Waals surface area contributed by atoms with Gasteiger partial charge in [0.1, 0.15) is 12.4 Å². The number of imidazole rings is 1. The van der Waals surface area contributed by atoms with Gasteiger partial charge in [0.2, 0.25) is 11.8 Å². The van der Waals surface area contributed by atoms with E-state index in [-0.39, 0.29) is 30.4 Å². The van der Waals surface area contributed by atoms with Gasteiger partial charge in [0.05, 0.1) is 17.6 Å². The third-order valence-corrected chi connectivity index (χ3v) is 6.37. The van der Waals surface area contributed by atoms with Gasteiger partial charge >= 0.3 is 0 Å². The highest BCUT2D eigenvalue weighted by Crippen LogP contribution is 2.19. The maximum absolute atomic E-state index is 13.4. The van der Waals surface area contributed by atoms with E-state index in [4.69, 9.17) is 4.98 Å². The highest BCUT2D eigenvalue weighted by atomic mass is 16.2. The molecular formula is C27H36N4O2. The summed E-state index contributed by atoms with van der Waals surface area (Å²) < 4.78 is 1.95. The van der Waals surface area contributed by atoms with Gasteiger partial charge in [-0.05, 0) is 50.8 Å². The van der Waals surface area contributed by atoms with Gasteiger partial charge in [-0.2, -0.15) is 0 Å². The molecule has 1 aromatic heterocycles. The molecule has 6 heteroatoms. The Morgan fingerprint density at radius 3 is 2.27 bits per heavy atom. The topological polar surface area (TPSA) is 67.2 Å². The number of amides is 2. The van der Waals surface area contributed by atoms with Gasteiger partial charge in [0.25, 0.3) is 0 Å². The number of nitrogens with zero attached hydrogens (tertiary/aromatic N) is 3. The number of nitrogens with one attached hydrogen (secondary N) is 1. The van der Waals surface area contributed by atoms with Gasteiger partial charge in [-0.1, -0.05) is 56.3 Å². The van der Waals surface area contributed by atoms with E-state index in [1.54, 1.807) is 0 Å². The monoisotopic (exact) mass is 448 g/mol. The number of carbonyl (C=O) groups is 2. The fourth-order valence-corrected chi connectivity index (χ4v) is 4.14. The van der Waals surface area contributed by atoms with Gasteiger partial charge in [-0.15, -0.1) is 0 Å². The van der Waals surface area contributed by atoms with Gasteiger partial charge < -0.3 is 14.8 Å². The summed E-state index contributed by atoms with van der Waals surface area (Å²) in [6.07, 6.45) is 2.93. The smallest absolute Gasteiger partial charge is 0.243 e. The molecule has 2 unspecified atom stereocenters. The van der Waals surface area contributed by atoms with Crippen molar-refractivity contribution in [2.45, 2.75) is 78.6 Å². The number of aromatic nitrogens is 2. The minimum atomic E-state index is -0.0235. The van der Waals surface area contributed by atoms with E-state index in [0.717, 1.165) is 29.4 Å². The van der Waals surface area contributed by atoms with Crippen molar-refractivity contribution >= 4 is 22.8 Å². The Balaban J connectivity index is 1.75. The lowest BCUT2D eigenvalue weighted by molar-refractivity contribution is -0.136. The molecule has 0 aliphatic heterocycles. The fraction of sp³-hybridized carbons (Fsp3) is 0.444. The predicted octanol–water partition coefficient (Wildman–Crippen LogP) is 4.71. The van der Waals surface area contributed by atoms with Crippen molar-refractivity contribution in [3.05, 3.63) is 66.0 Å². The third-order valence-electron chi connectivity index (χ3n) is 6.37. The van der Waals surface area contributed by atoms with Crippen LogP contribution in [0, 0.1) is 0 Å². The molecule has 1 heterocycles. The number of benzene rings is 2. The molecule has 2 atom stereocenters. The molecule has 6 nitrogen and oxygen atoms in total. The van der Waals surface area contributed by atoms with Crippen LogP contribution in [-0.2, 0) is 29.1 Å². The summed E-state index contributed by atoms with van der Waals surface area (Å²) in [5.74, 6) is 0.758. The Hall–Kier alpha value is -3.15. The summed E-state index contributed by atoms with van der Waals surface area (Å²) in [5.41, 5.74) is 2.88. The number of carbonyl (C=O) groups excluding carboxylic acids is 2. The summed E-state index contributed by atoms with van der Waals surface area (Å²) in [5, 5.41) is 2.99. The van der Waals surface area contributed by atoms with Crippen LogP contribution >= 0.6 is 0 Å². The van der Waals surface area contributed by atoms with Gasteiger partial charge in [0.15, 0.2) is 0 Å². The zero-order valence-corrected chi connectivity index (χ0v) is 20.3. The molecule has 3 aromatic rings. The Bertz CT molecular complexity index is 1050. The van der Waals surface area contributed by atoms with Crippen LogP contribution in [0.5, 0.6) is 0 Å². The number of fused-ring (bicyclic) bond motifs is 1. The number of para-hydroxylation sites is 2. The van der Waals surface area contributed by atoms with Crippen molar-refractivity contribution in [2.75, 3.05) is 0 Å². The van der Waals surface area contributed by atoms with Crippen molar-refractivity contribution in [1.82, 2.24) is 19.8 Å². The number of hydrogen-bond donors (Lipinski definition) is 1. The summed E-state index contributed by atoms with van der Waals surface area (Å²) in [4.78, 5) is 32.6. The van der Waals surface area contributed by atoms with Crippen LogP contribution in [0.3, 0.4) is 0 Å². The number of rotatable bonds is 11. The van der Waals surface area contributed by atoms with E-state index in [1.807, 2.05) is 64.1 Å². The first-order valence-electron chi connectivity index (χ1n) is 12.0. The molecule has 0 bridgehead atoms. The van der Waals surface area contributed by atoms with Gasteiger partial charge in [-0.25, -0.2) is 4.98 Å². The first kappa shape index (κ1) is 24.5. The van der Waals surface area contributed by atoms with E-state index in [2.05, 4.69) is 33.0 Å². The van der Waals surface area contributed by atoms with Gasteiger partial charge in [0, 0.05) is 18.5 Å². The van der Waals surface area contributed by atoms with E-state index in [0.29, 0.717) is 25.2 Å². The Labute approximate surface area is 197 Å². The van der Waals surface area contributed by atoms with Crippen molar-refractivity contribution in [2.24, 2.45) is 0 Å². The zero-order valence-electron chi connectivity index (χ0n) is 20.3. The average Bonchev–Trinajstić information content (AvgIpc) is 3.19. The minimum Gasteiger partial charge on any atom is -0.349 e. The van der Waals surface area contributed by atoms with E-state index >= 15 is 0 Å². The highest BCUT2D eigenvalue weighted by Gasteiger charge is 2.25. The van der Waals surface area contributed by atoms with Crippen LogP contribution in [0.25, 0.3) is 11.0 Å². The molecule has 3 rings (SSSR count). The molecule has 2 amide bonds. The second-order valence-electron chi connectivity index (χ2n) is 8.68. The molecule has 0 fully saturated rings. The van der Waals surface area contributed by atoms with E-state index in [1.165, 1.54) is 0 Å². The van der Waals surface area contributed by atoms with E-state index in [9.17, 15) is 9.59 Å². The van der Waals surface area contributed by atoms with Gasteiger partial charge in [-0.3, -0.25) is 9.59 Å². The lowest BCUT2D eigenvalue weighted by Gasteiger charge is -2.34. The SMILES string of the molecule is CCC(C)N(C(=O)Cn1c(CNC(=O)CCc2ccccc2)nc2ccccc21)C(C)CC. The molecule has 0 saturated carbocycles. The zero-order chi connectivity index (χ0) is 23.8. The van der Waals surface area contributed by atoms with Crippen molar-refractivity contribution in [3.63, 3.8) is 0 Å². The normalized spacial score (nSPS) is 13.0. The molecule has 176 valence electrons. The third kappa shape index (κ3) is 6.21. The summed E-state index contributed by atoms with van der Waals surface area (Å²) in [6, 6.07) is 18.1. The quantitative estimate of drug-likeness (QED) is 0.462. The number of aryl methyl sites for hydroxylation is 1. The molecule has 0 spiro atoms. The van der Waals surface area contributed by atoms with Crippen LogP contribution in [0.2, 0.25) is 0 Å².